The highest BCUT2D eigenvalue weighted by Gasteiger charge is 2.09. The lowest BCUT2D eigenvalue weighted by atomic mass is 10.0. The van der Waals surface area contributed by atoms with Crippen LogP contribution in [0.15, 0.2) is 36.4 Å². The molecule has 2 rings (SSSR count). The maximum atomic E-state index is 13.5. The van der Waals surface area contributed by atoms with Crippen molar-refractivity contribution in [2.45, 2.75) is 0 Å². The maximum absolute atomic E-state index is 13.5. The predicted molar refractivity (Wildman–Crippen MR) is 55.6 cm³/mol. The molecule has 0 spiro atoms. The summed E-state index contributed by atoms with van der Waals surface area (Å²) in [7, 11) is 0. The molecule has 0 nitrogen and oxygen atoms in total. The molecule has 0 aliphatic rings. The molecular weight excluding hydrogens is 218 g/mol. The van der Waals surface area contributed by atoms with Gasteiger partial charge in [-0.05, 0) is 36.4 Å². The van der Waals surface area contributed by atoms with Crippen molar-refractivity contribution in [2.24, 2.45) is 0 Å². The van der Waals surface area contributed by atoms with E-state index in [1.807, 2.05) is 0 Å². The molecule has 15 heavy (non-hydrogen) atoms. The van der Waals surface area contributed by atoms with E-state index < -0.39 is 11.6 Å². The third-order valence-electron chi connectivity index (χ3n) is 2.03. The van der Waals surface area contributed by atoms with Crippen molar-refractivity contribution in [3.63, 3.8) is 0 Å². The van der Waals surface area contributed by atoms with Gasteiger partial charge in [-0.2, -0.15) is 0 Å². The number of benzene rings is 2. The largest absolute Gasteiger partial charge is 0.206 e. The Morgan fingerprint density at radius 1 is 1.00 bits per heavy atom. The molecule has 3 heteroatoms. The van der Waals surface area contributed by atoms with Gasteiger partial charge in [-0.15, -0.1) is 0 Å². The first-order valence-corrected chi connectivity index (χ1v) is 4.67. The van der Waals surface area contributed by atoms with E-state index in [0.717, 1.165) is 6.07 Å². The first kappa shape index (κ1) is 10.1. The molecule has 0 bridgehead atoms. The number of hydrogen-bond donors (Lipinski definition) is 0. The molecule has 0 saturated carbocycles. The second kappa shape index (κ2) is 3.99. The average molecular weight is 224 g/mol. The lowest BCUT2D eigenvalue weighted by Gasteiger charge is -2.04. The Kier molecular flexibility index (Phi) is 2.69. The second-order valence-corrected chi connectivity index (χ2v) is 3.47. The zero-order chi connectivity index (χ0) is 10.8. The van der Waals surface area contributed by atoms with Crippen molar-refractivity contribution < 1.29 is 8.78 Å². The van der Waals surface area contributed by atoms with Gasteiger partial charge in [0.25, 0.3) is 0 Å². The minimum atomic E-state index is -0.541. The summed E-state index contributed by atoms with van der Waals surface area (Å²) < 4.78 is 26.8. The van der Waals surface area contributed by atoms with Crippen LogP contribution in [0, 0.1) is 17.7 Å². The molecule has 0 heterocycles. The van der Waals surface area contributed by atoms with Crippen LogP contribution in [0.1, 0.15) is 0 Å². The SMILES string of the molecule is Fc1cc[c]cc1-c1ccc(Cl)cc1F. The lowest BCUT2D eigenvalue weighted by Crippen LogP contribution is -1.87. The molecule has 0 saturated heterocycles. The van der Waals surface area contributed by atoms with E-state index >= 15 is 0 Å². The fourth-order valence-electron chi connectivity index (χ4n) is 1.33. The summed E-state index contributed by atoms with van der Waals surface area (Å²) in [6.07, 6.45) is 0. The molecule has 0 aromatic heterocycles. The van der Waals surface area contributed by atoms with Crippen LogP contribution >= 0.6 is 11.6 Å². The highest BCUT2D eigenvalue weighted by atomic mass is 35.5. The van der Waals surface area contributed by atoms with Gasteiger partial charge in [-0.25, -0.2) is 8.78 Å². The van der Waals surface area contributed by atoms with Crippen molar-refractivity contribution in [1.82, 2.24) is 0 Å². The Hall–Kier alpha value is -1.41. The topological polar surface area (TPSA) is 0 Å². The molecule has 0 amide bonds. The summed E-state index contributed by atoms with van der Waals surface area (Å²) >= 11 is 5.60. The van der Waals surface area contributed by atoms with Crippen LogP contribution in [0.3, 0.4) is 0 Å². The molecule has 1 radical (unpaired) electrons. The molecule has 0 aliphatic carbocycles. The highest BCUT2D eigenvalue weighted by Crippen LogP contribution is 2.26. The molecule has 0 aliphatic heterocycles. The third kappa shape index (κ3) is 2.00. The summed E-state index contributed by atoms with van der Waals surface area (Å²) in [5.74, 6) is -1.02. The fourth-order valence-corrected chi connectivity index (χ4v) is 1.48. The first-order valence-electron chi connectivity index (χ1n) is 4.29. The lowest BCUT2D eigenvalue weighted by molar-refractivity contribution is 0.616. The Morgan fingerprint density at radius 3 is 2.47 bits per heavy atom. The summed E-state index contributed by atoms with van der Waals surface area (Å²) in [6, 6.07) is 10.9. The number of hydrogen-bond acceptors (Lipinski definition) is 0. The predicted octanol–water partition coefficient (Wildman–Crippen LogP) is 4.09. The maximum Gasteiger partial charge on any atom is 0.132 e. The molecule has 2 aromatic carbocycles. The van der Waals surface area contributed by atoms with E-state index in [-0.39, 0.29) is 16.1 Å². The van der Waals surface area contributed by atoms with Crippen LogP contribution in [0.2, 0.25) is 5.02 Å². The van der Waals surface area contributed by atoms with Gasteiger partial charge in [-0.3, -0.25) is 0 Å². The van der Waals surface area contributed by atoms with Crippen molar-refractivity contribution in [2.75, 3.05) is 0 Å². The minimum Gasteiger partial charge on any atom is -0.206 e. The van der Waals surface area contributed by atoms with Crippen LogP contribution in [0.4, 0.5) is 8.78 Å². The van der Waals surface area contributed by atoms with Crippen molar-refractivity contribution in [1.29, 1.82) is 0 Å². The second-order valence-electron chi connectivity index (χ2n) is 3.03. The summed E-state index contributed by atoms with van der Waals surface area (Å²) in [4.78, 5) is 0. The smallest absolute Gasteiger partial charge is 0.132 e. The van der Waals surface area contributed by atoms with Gasteiger partial charge in [0, 0.05) is 16.1 Å². The van der Waals surface area contributed by atoms with Gasteiger partial charge >= 0.3 is 0 Å². The van der Waals surface area contributed by atoms with E-state index in [0.29, 0.717) is 0 Å². The quantitative estimate of drug-likeness (QED) is 0.683. The van der Waals surface area contributed by atoms with E-state index in [1.54, 1.807) is 0 Å². The molecule has 2 aromatic rings. The monoisotopic (exact) mass is 223 g/mol. The number of halogens is 3. The molecule has 0 fully saturated rings. The number of rotatable bonds is 1. The van der Waals surface area contributed by atoms with Crippen LogP contribution < -0.4 is 0 Å². The standard InChI is InChI=1S/C12H6ClF2/c13-8-5-6-10(12(15)7-8)9-3-1-2-4-11(9)14/h2-7H. The Balaban J connectivity index is 2.60. The Morgan fingerprint density at radius 2 is 1.80 bits per heavy atom. The average Bonchev–Trinajstić information content (AvgIpc) is 2.20. The zero-order valence-electron chi connectivity index (χ0n) is 7.60. The first-order chi connectivity index (χ1) is 7.18. The Labute approximate surface area is 91.1 Å². The molecule has 0 atom stereocenters. The normalized spacial score (nSPS) is 10.3. The summed E-state index contributed by atoms with van der Waals surface area (Å²) in [5, 5.41) is 0.288. The van der Waals surface area contributed by atoms with Gasteiger partial charge < -0.3 is 0 Å². The van der Waals surface area contributed by atoms with Crippen molar-refractivity contribution >= 4 is 11.6 Å². The Bertz CT molecular complexity index is 495. The van der Waals surface area contributed by atoms with Gasteiger partial charge in [0.15, 0.2) is 0 Å². The summed E-state index contributed by atoms with van der Waals surface area (Å²) in [5.41, 5.74) is 0.375. The van der Waals surface area contributed by atoms with Gasteiger partial charge in [0.1, 0.15) is 11.6 Å². The molecule has 0 unspecified atom stereocenters. The molecule has 75 valence electrons. The van der Waals surface area contributed by atoms with E-state index in [2.05, 4.69) is 6.07 Å². The van der Waals surface area contributed by atoms with Crippen molar-refractivity contribution in [3.8, 4) is 11.1 Å². The van der Waals surface area contributed by atoms with E-state index in [4.69, 9.17) is 11.6 Å². The van der Waals surface area contributed by atoms with Gasteiger partial charge in [-0.1, -0.05) is 17.7 Å². The van der Waals surface area contributed by atoms with E-state index in [9.17, 15) is 8.78 Å². The zero-order valence-corrected chi connectivity index (χ0v) is 8.35. The minimum absolute atomic E-state index is 0.187. The third-order valence-corrected chi connectivity index (χ3v) is 2.27. The van der Waals surface area contributed by atoms with Gasteiger partial charge in [0.05, 0.1) is 0 Å². The van der Waals surface area contributed by atoms with Gasteiger partial charge in [0.2, 0.25) is 0 Å². The van der Waals surface area contributed by atoms with E-state index in [1.165, 1.54) is 30.3 Å². The fraction of sp³-hybridized carbons (Fsp3) is 0. The summed E-state index contributed by atoms with van der Waals surface area (Å²) in [6.45, 7) is 0. The molecular formula is C12H6ClF2. The van der Waals surface area contributed by atoms with Crippen LogP contribution in [-0.4, -0.2) is 0 Å². The van der Waals surface area contributed by atoms with Crippen LogP contribution in [0.5, 0.6) is 0 Å². The highest BCUT2D eigenvalue weighted by molar-refractivity contribution is 6.30. The van der Waals surface area contributed by atoms with Crippen LogP contribution in [0.25, 0.3) is 11.1 Å². The molecule has 0 N–H and O–H groups in total. The van der Waals surface area contributed by atoms with Crippen LogP contribution in [-0.2, 0) is 0 Å². The van der Waals surface area contributed by atoms with Crippen molar-refractivity contribution in [3.05, 3.63) is 59.1 Å².